The predicted molar refractivity (Wildman–Crippen MR) is 38.0 cm³/mol. The van der Waals surface area contributed by atoms with Crippen molar-refractivity contribution >= 4 is 13.8 Å². The van der Waals surface area contributed by atoms with Gasteiger partial charge in [0, 0.05) is 0 Å². The third-order valence-electron chi connectivity index (χ3n) is 0.926. The van der Waals surface area contributed by atoms with Gasteiger partial charge in [0.15, 0.2) is 0 Å². The van der Waals surface area contributed by atoms with Crippen molar-refractivity contribution in [3.63, 3.8) is 0 Å². The van der Waals surface area contributed by atoms with Crippen LogP contribution in [0.5, 0.6) is 0 Å². The molecular weight excluding hydrogens is 189 g/mol. The quantitative estimate of drug-likeness (QED) is 0.376. The third kappa shape index (κ3) is 5.22. The largest absolute Gasteiger partial charge is 0.469 e. The molecule has 0 aliphatic carbocycles. The van der Waals surface area contributed by atoms with Gasteiger partial charge in [-0.3, -0.25) is 9.32 Å². The molecule has 0 unspecified atom stereocenters. The Morgan fingerprint density at radius 3 is 2.50 bits per heavy atom. The second kappa shape index (κ2) is 4.54. The molecule has 0 aromatic carbocycles. The van der Waals surface area contributed by atoms with E-state index in [0.29, 0.717) is 0 Å². The first kappa shape index (κ1) is 11.5. The van der Waals surface area contributed by atoms with Gasteiger partial charge in [-0.25, -0.2) is 4.57 Å². The number of phosphoric acid groups is 1. The fraction of sp³-hybridized carbons (Fsp3) is 0.750. The van der Waals surface area contributed by atoms with Crippen molar-refractivity contribution in [1.82, 2.24) is 0 Å². The number of hydrogen-bond donors (Lipinski definition) is 3. The summed E-state index contributed by atoms with van der Waals surface area (Å²) in [6.45, 7) is -0.572. The van der Waals surface area contributed by atoms with Crippen LogP contribution in [0.25, 0.3) is 0 Å². The Kier molecular flexibility index (Phi) is 4.36. The average molecular weight is 199 g/mol. The van der Waals surface area contributed by atoms with Crippen LogP contribution in [-0.4, -0.2) is 35.5 Å². The summed E-state index contributed by atoms with van der Waals surface area (Å²) in [4.78, 5) is 27.0. The molecule has 0 radical (unpaired) electrons. The van der Waals surface area contributed by atoms with E-state index >= 15 is 0 Å². The maximum atomic E-state index is 10.5. The summed E-state index contributed by atoms with van der Waals surface area (Å²) in [6.07, 6.45) is 0. The molecule has 7 nitrogen and oxygen atoms in total. The number of carbonyl (C=O) groups is 1. The van der Waals surface area contributed by atoms with Gasteiger partial charge in [0.05, 0.1) is 13.7 Å². The summed E-state index contributed by atoms with van der Waals surface area (Å²) < 4.78 is 18.2. The van der Waals surface area contributed by atoms with Crippen molar-refractivity contribution < 1.29 is 28.4 Å². The smallest absolute Gasteiger partial charge is 0.468 e. The van der Waals surface area contributed by atoms with Gasteiger partial charge in [-0.1, -0.05) is 0 Å². The Balaban J connectivity index is 3.79. The Morgan fingerprint density at radius 1 is 1.67 bits per heavy atom. The minimum atomic E-state index is -4.56. The Hall–Kier alpha value is -0.460. The van der Waals surface area contributed by atoms with Gasteiger partial charge in [0.1, 0.15) is 6.04 Å². The molecule has 0 saturated heterocycles. The van der Waals surface area contributed by atoms with Crippen LogP contribution < -0.4 is 5.73 Å². The first-order valence-electron chi connectivity index (χ1n) is 2.90. The molecule has 12 heavy (non-hydrogen) atoms. The predicted octanol–water partition coefficient (Wildman–Crippen LogP) is -1.40. The summed E-state index contributed by atoms with van der Waals surface area (Å²) in [5, 5.41) is 0. The number of phosphoric ester groups is 1. The first-order chi connectivity index (χ1) is 5.37. The zero-order valence-corrected chi connectivity index (χ0v) is 7.23. The lowest BCUT2D eigenvalue weighted by molar-refractivity contribution is -0.142. The lowest BCUT2D eigenvalue weighted by atomic mass is 10.3. The van der Waals surface area contributed by atoms with Crippen LogP contribution in [0.15, 0.2) is 0 Å². The average Bonchev–Trinajstić information content (AvgIpc) is 1.97. The van der Waals surface area contributed by atoms with Gasteiger partial charge >= 0.3 is 13.8 Å². The molecule has 0 heterocycles. The number of ether oxygens (including phenoxy) is 1. The highest BCUT2D eigenvalue weighted by molar-refractivity contribution is 7.46. The van der Waals surface area contributed by atoms with Gasteiger partial charge in [0.2, 0.25) is 0 Å². The van der Waals surface area contributed by atoms with Crippen LogP contribution in [-0.2, 0) is 18.6 Å². The van der Waals surface area contributed by atoms with Crippen molar-refractivity contribution in [3.8, 4) is 0 Å². The fourth-order valence-corrected chi connectivity index (χ4v) is 0.752. The topological polar surface area (TPSA) is 119 Å². The minimum Gasteiger partial charge on any atom is -0.468 e. The molecule has 0 amide bonds. The second-order valence-corrected chi connectivity index (χ2v) is 3.16. The molecular formula is C4H10NO6P. The molecule has 0 saturated carbocycles. The van der Waals surface area contributed by atoms with E-state index in [1.54, 1.807) is 0 Å². The van der Waals surface area contributed by atoms with Crippen LogP contribution >= 0.6 is 7.82 Å². The van der Waals surface area contributed by atoms with E-state index in [9.17, 15) is 9.36 Å². The molecule has 8 heteroatoms. The number of carbonyl (C=O) groups excluding carboxylic acids is 1. The van der Waals surface area contributed by atoms with Crippen molar-refractivity contribution in [3.05, 3.63) is 0 Å². The van der Waals surface area contributed by atoms with Crippen LogP contribution in [0.1, 0.15) is 0 Å². The van der Waals surface area contributed by atoms with Crippen LogP contribution in [0.2, 0.25) is 0 Å². The van der Waals surface area contributed by atoms with Gasteiger partial charge in [-0.2, -0.15) is 0 Å². The van der Waals surface area contributed by atoms with Crippen LogP contribution in [0.3, 0.4) is 0 Å². The SMILES string of the molecule is COC(=O)[C@@H](N)COP(=O)(O)O. The minimum absolute atomic E-state index is 0.572. The van der Waals surface area contributed by atoms with Gasteiger partial charge in [-0.05, 0) is 0 Å². The van der Waals surface area contributed by atoms with Crippen LogP contribution in [0.4, 0.5) is 0 Å². The van der Waals surface area contributed by atoms with E-state index in [0.717, 1.165) is 7.11 Å². The van der Waals surface area contributed by atoms with Gasteiger partial charge in [0.25, 0.3) is 0 Å². The maximum Gasteiger partial charge on any atom is 0.469 e. The zero-order valence-electron chi connectivity index (χ0n) is 6.34. The molecule has 0 aromatic heterocycles. The summed E-state index contributed by atoms with van der Waals surface area (Å²) in [6, 6.07) is -1.18. The lowest BCUT2D eigenvalue weighted by Crippen LogP contribution is -2.35. The number of rotatable bonds is 4. The molecule has 0 aliphatic rings. The molecule has 0 aliphatic heterocycles. The maximum absolute atomic E-state index is 10.5. The van der Waals surface area contributed by atoms with E-state index in [4.69, 9.17) is 15.5 Å². The molecule has 0 aromatic rings. The molecule has 0 spiro atoms. The number of esters is 1. The summed E-state index contributed by atoms with van der Waals surface area (Å²) in [7, 11) is -3.45. The van der Waals surface area contributed by atoms with E-state index in [1.807, 2.05) is 0 Å². The van der Waals surface area contributed by atoms with Crippen LogP contribution in [0, 0.1) is 0 Å². The van der Waals surface area contributed by atoms with Crippen molar-refractivity contribution in [2.75, 3.05) is 13.7 Å². The fourth-order valence-electron chi connectivity index (χ4n) is 0.397. The molecule has 0 rings (SSSR count). The van der Waals surface area contributed by atoms with E-state index in [1.165, 1.54) is 0 Å². The summed E-state index contributed by atoms with van der Waals surface area (Å²) in [5.41, 5.74) is 5.09. The highest BCUT2D eigenvalue weighted by Gasteiger charge is 2.20. The number of nitrogens with two attached hydrogens (primary N) is 1. The summed E-state index contributed by atoms with van der Waals surface area (Å²) in [5.74, 6) is -0.788. The molecule has 0 fully saturated rings. The van der Waals surface area contributed by atoms with E-state index in [-0.39, 0.29) is 0 Å². The first-order valence-corrected chi connectivity index (χ1v) is 4.43. The highest BCUT2D eigenvalue weighted by Crippen LogP contribution is 2.35. The lowest BCUT2D eigenvalue weighted by Gasteiger charge is -2.09. The van der Waals surface area contributed by atoms with Crippen molar-refractivity contribution in [2.24, 2.45) is 5.73 Å². The van der Waals surface area contributed by atoms with E-state index < -0.39 is 26.4 Å². The Morgan fingerprint density at radius 2 is 2.17 bits per heavy atom. The molecule has 4 N–H and O–H groups in total. The van der Waals surface area contributed by atoms with Gasteiger partial charge < -0.3 is 20.3 Å². The highest BCUT2D eigenvalue weighted by atomic mass is 31.2. The van der Waals surface area contributed by atoms with Crippen molar-refractivity contribution in [2.45, 2.75) is 6.04 Å². The van der Waals surface area contributed by atoms with E-state index in [2.05, 4.69) is 9.26 Å². The standard InChI is InChI=1S/C4H10NO6P/c1-10-4(6)3(5)2-11-12(7,8)9/h3H,2,5H2,1H3,(H2,7,8,9)/t3-/m0/s1. The monoisotopic (exact) mass is 199 g/mol. The summed E-state index contributed by atoms with van der Waals surface area (Å²) >= 11 is 0. The van der Waals surface area contributed by atoms with Crippen molar-refractivity contribution in [1.29, 1.82) is 0 Å². The Labute approximate surface area is 68.7 Å². The molecule has 1 atom stereocenters. The second-order valence-electron chi connectivity index (χ2n) is 1.92. The normalized spacial score (nSPS) is 14.0. The molecule has 0 bridgehead atoms. The van der Waals surface area contributed by atoms with Gasteiger partial charge in [-0.15, -0.1) is 0 Å². The zero-order chi connectivity index (χ0) is 9.78. The number of hydrogen-bond acceptors (Lipinski definition) is 5. The number of methoxy groups -OCH3 is 1. The molecule has 72 valence electrons. The Bertz CT molecular complexity index is 200. The third-order valence-corrected chi connectivity index (χ3v) is 1.41.